The molecule has 0 aliphatic carbocycles. The van der Waals surface area contributed by atoms with E-state index in [1.165, 1.54) is 11.3 Å². The van der Waals surface area contributed by atoms with Crippen molar-refractivity contribution in [1.29, 1.82) is 0 Å². The highest BCUT2D eigenvalue weighted by Gasteiger charge is 2.01. The summed E-state index contributed by atoms with van der Waals surface area (Å²) in [7, 11) is 0. The summed E-state index contributed by atoms with van der Waals surface area (Å²) in [4.78, 5) is 1.25. The van der Waals surface area contributed by atoms with E-state index in [1.807, 2.05) is 31.7 Å². The maximum atomic E-state index is 5.65. The maximum Gasteiger partial charge on any atom is 0.114 e. The monoisotopic (exact) mass is 199 g/mol. The summed E-state index contributed by atoms with van der Waals surface area (Å²) in [5, 5.41) is 0. The summed E-state index contributed by atoms with van der Waals surface area (Å²) in [6.45, 7) is 4.04. The molecule has 0 aliphatic rings. The molecule has 74 valence electrons. The molecule has 3 heteroatoms. The zero-order chi connectivity index (χ0) is 9.68. The SMILES string of the molecule is Cc1occc1SCCCC(C)N. The van der Waals surface area contributed by atoms with Gasteiger partial charge in [0.2, 0.25) is 0 Å². The number of aryl methyl sites for hydroxylation is 1. The van der Waals surface area contributed by atoms with Crippen molar-refractivity contribution in [2.24, 2.45) is 5.73 Å². The van der Waals surface area contributed by atoms with Crippen molar-refractivity contribution in [2.75, 3.05) is 5.75 Å². The highest BCUT2D eigenvalue weighted by Crippen LogP contribution is 2.23. The van der Waals surface area contributed by atoms with Gasteiger partial charge in [-0.1, -0.05) is 0 Å². The molecule has 2 N–H and O–H groups in total. The van der Waals surface area contributed by atoms with E-state index in [1.54, 1.807) is 6.26 Å². The van der Waals surface area contributed by atoms with Crippen molar-refractivity contribution < 1.29 is 4.42 Å². The van der Waals surface area contributed by atoms with Gasteiger partial charge in [-0.25, -0.2) is 0 Å². The van der Waals surface area contributed by atoms with Crippen LogP contribution >= 0.6 is 11.8 Å². The van der Waals surface area contributed by atoms with Gasteiger partial charge in [0.15, 0.2) is 0 Å². The normalized spacial score (nSPS) is 13.2. The fraction of sp³-hybridized carbons (Fsp3) is 0.600. The van der Waals surface area contributed by atoms with E-state index in [0.29, 0.717) is 6.04 Å². The standard InChI is InChI=1S/C10H17NOS/c1-8(11)4-3-7-13-10-5-6-12-9(10)2/h5-6,8H,3-4,7,11H2,1-2H3. The lowest BCUT2D eigenvalue weighted by Crippen LogP contribution is -2.14. The van der Waals surface area contributed by atoms with Crippen molar-refractivity contribution >= 4 is 11.8 Å². The molecule has 1 atom stereocenters. The molecule has 0 saturated heterocycles. The number of rotatable bonds is 5. The second kappa shape index (κ2) is 5.35. The van der Waals surface area contributed by atoms with Crippen LogP contribution in [-0.2, 0) is 0 Å². The molecule has 13 heavy (non-hydrogen) atoms. The molecule has 1 unspecified atom stereocenters. The third-order valence-corrected chi connectivity index (χ3v) is 3.10. The molecule has 0 aromatic carbocycles. The van der Waals surface area contributed by atoms with Crippen LogP contribution in [0.1, 0.15) is 25.5 Å². The van der Waals surface area contributed by atoms with Gasteiger partial charge in [0.05, 0.1) is 6.26 Å². The first-order valence-corrected chi connectivity index (χ1v) is 5.61. The van der Waals surface area contributed by atoms with Crippen LogP contribution in [0.2, 0.25) is 0 Å². The smallest absolute Gasteiger partial charge is 0.114 e. The van der Waals surface area contributed by atoms with Crippen molar-refractivity contribution in [3.63, 3.8) is 0 Å². The zero-order valence-electron chi connectivity index (χ0n) is 8.25. The minimum absolute atomic E-state index is 0.325. The Bertz CT molecular complexity index is 245. The van der Waals surface area contributed by atoms with Gasteiger partial charge in [0.25, 0.3) is 0 Å². The molecule has 0 aliphatic heterocycles. The first kappa shape index (κ1) is 10.7. The van der Waals surface area contributed by atoms with Gasteiger partial charge in [-0.05, 0) is 38.5 Å². The zero-order valence-corrected chi connectivity index (χ0v) is 9.06. The fourth-order valence-electron chi connectivity index (χ4n) is 1.11. The van der Waals surface area contributed by atoms with E-state index in [4.69, 9.17) is 10.2 Å². The number of thioether (sulfide) groups is 1. The van der Waals surface area contributed by atoms with Crippen LogP contribution in [0.3, 0.4) is 0 Å². The van der Waals surface area contributed by atoms with Gasteiger partial charge in [-0.2, -0.15) is 0 Å². The predicted molar refractivity (Wildman–Crippen MR) is 57.1 cm³/mol. The van der Waals surface area contributed by atoms with E-state index in [2.05, 4.69) is 0 Å². The first-order valence-electron chi connectivity index (χ1n) is 4.62. The lowest BCUT2D eigenvalue weighted by Gasteiger charge is -2.03. The average molecular weight is 199 g/mol. The molecule has 0 saturated carbocycles. The largest absolute Gasteiger partial charge is 0.468 e. The van der Waals surface area contributed by atoms with Crippen LogP contribution in [0, 0.1) is 6.92 Å². The summed E-state index contributed by atoms with van der Waals surface area (Å²) in [6.07, 6.45) is 4.01. The van der Waals surface area contributed by atoms with Gasteiger partial charge in [0.1, 0.15) is 5.76 Å². The molecule has 1 aromatic heterocycles. The van der Waals surface area contributed by atoms with Gasteiger partial charge in [0, 0.05) is 10.9 Å². The Morgan fingerprint density at radius 1 is 1.62 bits per heavy atom. The molecular formula is C10H17NOS. The summed E-state index contributed by atoms with van der Waals surface area (Å²) in [5.41, 5.74) is 5.65. The Kier molecular flexibility index (Phi) is 4.39. The van der Waals surface area contributed by atoms with Gasteiger partial charge >= 0.3 is 0 Å². The molecule has 0 amide bonds. The molecule has 1 rings (SSSR count). The molecule has 1 heterocycles. The van der Waals surface area contributed by atoms with Crippen LogP contribution < -0.4 is 5.73 Å². The first-order chi connectivity index (χ1) is 6.20. The van der Waals surface area contributed by atoms with Crippen LogP contribution in [-0.4, -0.2) is 11.8 Å². The number of hydrogen-bond acceptors (Lipinski definition) is 3. The Hall–Kier alpha value is -0.410. The van der Waals surface area contributed by atoms with Crippen LogP contribution in [0.4, 0.5) is 0 Å². The minimum Gasteiger partial charge on any atom is -0.468 e. The predicted octanol–water partition coefficient (Wildman–Crippen LogP) is 2.81. The summed E-state index contributed by atoms with van der Waals surface area (Å²) in [5.74, 6) is 2.15. The summed E-state index contributed by atoms with van der Waals surface area (Å²) >= 11 is 1.85. The van der Waals surface area contributed by atoms with Crippen molar-refractivity contribution in [1.82, 2.24) is 0 Å². The lowest BCUT2D eigenvalue weighted by molar-refractivity contribution is 0.527. The fourth-order valence-corrected chi connectivity index (χ4v) is 2.04. The third kappa shape index (κ3) is 3.87. The minimum atomic E-state index is 0.325. The Labute approximate surface area is 83.9 Å². The highest BCUT2D eigenvalue weighted by molar-refractivity contribution is 7.99. The number of hydrogen-bond donors (Lipinski definition) is 1. The van der Waals surface area contributed by atoms with E-state index in [9.17, 15) is 0 Å². The van der Waals surface area contributed by atoms with Crippen molar-refractivity contribution in [2.45, 2.75) is 37.6 Å². The molecule has 2 nitrogen and oxygen atoms in total. The van der Waals surface area contributed by atoms with E-state index in [0.717, 1.165) is 17.9 Å². The Morgan fingerprint density at radius 3 is 2.92 bits per heavy atom. The quantitative estimate of drug-likeness (QED) is 0.585. The van der Waals surface area contributed by atoms with Gasteiger partial charge in [-0.15, -0.1) is 11.8 Å². The summed E-state index contributed by atoms with van der Waals surface area (Å²) < 4.78 is 5.20. The van der Waals surface area contributed by atoms with Crippen molar-refractivity contribution in [3.05, 3.63) is 18.1 Å². The maximum absolute atomic E-state index is 5.65. The second-order valence-corrected chi connectivity index (χ2v) is 4.45. The number of furan rings is 1. The average Bonchev–Trinajstić information content (AvgIpc) is 2.45. The molecule has 0 fully saturated rings. The molecule has 0 radical (unpaired) electrons. The van der Waals surface area contributed by atoms with Crippen LogP contribution in [0.25, 0.3) is 0 Å². The summed E-state index contributed by atoms with van der Waals surface area (Å²) in [6, 6.07) is 2.34. The molecule has 0 bridgehead atoms. The Morgan fingerprint density at radius 2 is 2.38 bits per heavy atom. The second-order valence-electron chi connectivity index (χ2n) is 3.31. The lowest BCUT2D eigenvalue weighted by atomic mass is 10.2. The molecule has 1 aromatic rings. The molecular weight excluding hydrogens is 182 g/mol. The molecule has 0 spiro atoms. The van der Waals surface area contributed by atoms with E-state index < -0.39 is 0 Å². The van der Waals surface area contributed by atoms with Crippen molar-refractivity contribution in [3.8, 4) is 0 Å². The highest BCUT2D eigenvalue weighted by atomic mass is 32.2. The van der Waals surface area contributed by atoms with Gasteiger partial charge in [-0.3, -0.25) is 0 Å². The topological polar surface area (TPSA) is 39.2 Å². The Balaban J connectivity index is 2.17. The number of nitrogens with two attached hydrogens (primary N) is 1. The third-order valence-electron chi connectivity index (χ3n) is 1.87. The van der Waals surface area contributed by atoms with E-state index >= 15 is 0 Å². The van der Waals surface area contributed by atoms with Gasteiger partial charge < -0.3 is 10.2 Å². The van der Waals surface area contributed by atoms with E-state index in [-0.39, 0.29) is 0 Å². The van der Waals surface area contributed by atoms with Crippen LogP contribution in [0.5, 0.6) is 0 Å². The van der Waals surface area contributed by atoms with Crippen LogP contribution in [0.15, 0.2) is 21.6 Å².